The van der Waals surface area contributed by atoms with E-state index in [1.54, 1.807) is 12.1 Å². The molecule has 0 bridgehead atoms. The van der Waals surface area contributed by atoms with Crippen LogP contribution in [0, 0.1) is 0 Å². The number of amides is 1. The molecule has 1 aromatic carbocycles. The van der Waals surface area contributed by atoms with Gasteiger partial charge in [-0.15, -0.1) is 0 Å². The van der Waals surface area contributed by atoms with Crippen molar-refractivity contribution < 1.29 is 4.79 Å². The van der Waals surface area contributed by atoms with Crippen LogP contribution in [-0.2, 0) is 4.79 Å². The van der Waals surface area contributed by atoms with Crippen LogP contribution in [-0.4, -0.2) is 11.9 Å². The van der Waals surface area contributed by atoms with Crippen LogP contribution in [0.2, 0.25) is 5.02 Å². The number of halogens is 2. The first-order valence-corrected chi connectivity index (χ1v) is 8.25. The summed E-state index contributed by atoms with van der Waals surface area (Å²) in [5.74, 6) is -0.364. The maximum atomic E-state index is 11.8. The summed E-state index contributed by atoms with van der Waals surface area (Å²) in [6, 6.07) is 5.29. The molecule has 0 heterocycles. The molecule has 0 aliphatic heterocycles. The van der Waals surface area contributed by atoms with Gasteiger partial charge in [-0.05, 0) is 36.6 Å². The van der Waals surface area contributed by atoms with Gasteiger partial charge in [0.25, 0.3) is 0 Å². The summed E-state index contributed by atoms with van der Waals surface area (Å²) < 4.78 is 0.854. The van der Waals surface area contributed by atoms with Crippen LogP contribution in [0.4, 0.5) is 0 Å². The van der Waals surface area contributed by atoms with Crippen molar-refractivity contribution in [2.75, 3.05) is 0 Å². The molecule has 3 nitrogen and oxygen atoms in total. The van der Waals surface area contributed by atoms with E-state index in [2.05, 4.69) is 21.2 Å². The lowest BCUT2D eigenvalue weighted by atomic mass is 10.0. The predicted octanol–water partition coefficient (Wildman–Crippen LogP) is 3.94. The van der Waals surface area contributed by atoms with E-state index in [9.17, 15) is 4.79 Å². The molecule has 1 unspecified atom stereocenters. The standard InChI is InChI=1S/C15H20BrClN2O/c16-13-8-7-10(17)9-12(13)14(15(18)20)19-11-5-3-1-2-4-6-11/h7-9,11,14,19H,1-6H2,(H2,18,20). The second-order valence-electron chi connectivity index (χ2n) is 5.36. The van der Waals surface area contributed by atoms with Crippen molar-refractivity contribution in [3.8, 4) is 0 Å². The van der Waals surface area contributed by atoms with Crippen molar-refractivity contribution in [2.24, 2.45) is 5.73 Å². The number of nitrogens with two attached hydrogens (primary N) is 1. The fraction of sp³-hybridized carbons (Fsp3) is 0.533. The third kappa shape index (κ3) is 4.21. The van der Waals surface area contributed by atoms with Crippen LogP contribution in [0.15, 0.2) is 22.7 Å². The quantitative estimate of drug-likeness (QED) is 0.800. The molecule has 0 aromatic heterocycles. The van der Waals surface area contributed by atoms with Gasteiger partial charge in [0.05, 0.1) is 0 Å². The smallest absolute Gasteiger partial charge is 0.239 e. The molecule has 1 aliphatic rings. The van der Waals surface area contributed by atoms with Gasteiger partial charge in [-0.3, -0.25) is 10.1 Å². The summed E-state index contributed by atoms with van der Waals surface area (Å²) in [6.45, 7) is 0. The largest absolute Gasteiger partial charge is 0.368 e. The number of carbonyl (C=O) groups is 1. The molecular weight excluding hydrogens is 340 g/mol. The third-order valence-electron chi connectivity index (χ3n) is 3.81. The number of hydrogen-bond acceptors (Lipinski definition) is 2. The molecular formula is C15H20BrClN2O. The zero-order chi connectivity index (χ0) is 14.5. The molecule has 0 spiro atoms. The Balaban J connectivity index is 2.17. The average Bonchev–Trinajstić information content (AvgIpc) is 2.67. The normalized spacial score (nSPS) is 18.5. The van der Waals surface area contributed by atoms with Crippen molar-refractivity contribution >= 4 is 33.4 Å². The molecule has 1 fully saturated rings. The van der Waals surface area contributed by atoms with Gasteiger partial charge in [0.2, 0.25) is 5.91 Å². The second kappa shape index (κ2) is 7.43. The Morgan fingerprint density at radius 1 is 1.30 bits per heavy atom. The van der Waals surface area contributed by atoms with Crippen molar-refractivity contribution in [2.45, 2.75) is 50.6 Å². The Bertz CT molecular complexity index is 473. The molecule has 3 N–H and O–H groups in total. The van der Waals surface area contributed by atoms with Gasteiger partial charge >= 0.3 is 0 Å². The maximum absolute atomic E-state index is 11.8. The summed E-state index contributed by atoms with van der Waals surface area (Å²) >= 11 is 9.51. The Hall–Kier alpha value is -0.580. The number of primary amides is 1. The Kier molecular flexibility index (Phi) is 5.87. The topological polar surface area (TPSA) is 55.1 Å². The van der Waals surface area contributed by atoms with E-state index in [4.69, 9.17) is 17.3 Å². The maximum Gasteiger partial charge on any atom is 0.239 e. The number of hydrogen-bond donors (Lipinski definition) is 2. The van der Waals surface area contributed by atoms with Crippen LogP contribution < -0.4 is 11.1 Å². The van der Waals surface area contributed by atoms with Crippen LogP contribution in [0.1, 0.15) is 50.1 Å². The second-order valence-corrected chi connectivity index (χ2v) is 6.65. The fourth-order valence-electron chi connectivity index (χ4n) is 2.74. The van der Waals surface area contributed by atoms with E-state index in [0.29, 0.717) is 11.1 Å². The molecule has 20 heavy (non-hydrogen) atoms. The van der Waals surface area contributed by atoms with Gasteiger partial charge in [0.1, 0.15) is 6.04 Å². The zero-order valence-electron chi connectivity index (χ0n) is 11.4. The van der Waals surface area contributed by atoms with Gasteiger partial charge in [-0.2, -0.15) is 0 Å². The zero-order valence-corrected chi connectivity index (χ0v) is 13.7. The highest BCUT2D eigenvalue weighted by atomic mass is 79.9. The lowest BCUT2D eigenvalue weighted by Gasteiger charge is -2.24. The molecule has 2 rings (SSSR count). The van der Waals surface area contributed by atoms with Gasteiger partial charge in [0, 0.05) is 15.5 Å². The minimum atomic E-state index is -0.494. The summed E-state index contributed by atoms with van der Waals surface area (Å²) in [7, 11) is 0. The van der Waals surface area contributed by atoms with Crippen LogP contribution >= 0.6 is 27.5 Å². The van der Waals surface area contributed by atoms with E-state index in [1.165, 1.54) is 25.7 Å². The lowest BCUT2D eigenvalue weighted by molar-refractivity contribution is -0.120. The van der Waals surface area contributed by atoms with Crippen LogP contribution in [0.5, 0.6) is 0 Å². The van der Waals surface area contributed by atoms with Crippen molar-refractivity contribution in [1.82, 2.24) is 5.32 Å². The van der Waals surface area contributed by atoms with Gasteiger partial charge in [-0.25, -0.2) is 0 Å². The number of nitrogens with one attached hydrogen (secondary N) is 1. The molecule has 0 radical (unpaired) electrons. The summed E-state index contributed by atoms with van der Waals surface area (Å²) in [4.78, 5) is 11.8. The SMILES string of the molecule is NC(=O)C(NC1CCCCCC1)c1cc(Cl)ccc1Br. The Labute approximate surface area is 133 Å². The Morgan fingerprint density at radius 3 is 2.55 bits per heavy atom. The van der Waals surface area contributed by atoms with E-state index in [0.717, 1.165) is 22.9 Å². The molecule has 1 atom stereocenters. The van der Waals surface area contributed by atoms with Crippen LogP contribution in [0.25, 0.3) is 0 Å². The van der Waals surface area contributed by atoms with Crippen molar-refractivity contribution in [3.63, 3.8) is 0 Å². The fourth-order valence-corrected chi connectivity index (χ4v) is 3.40. The first-order chi connectivity index (χ1) is 9.58. The highest BCUT2D eigenvalue weighted by molar-refractivity contribution is 9.10. The third-order valence-corrected chi connectivity index (χ3v) is 4.77. The predicted molar refractivity (Wildman–Crippen MR) is 85.7 cm³/mol. The molecule has 5 heteroatoms. The highest BCUT2D eigenvalue weighted by Gasteiger charge is 2.24. The Morgan fingerprint density at radius 2 is 1.95 bits per heavy atom. The minimum absolute atomic E-state index is 0.348. The molecule has 1 aliphatic carbocycles. The number of benzene rings is 1. The van der Waals surface area contributed by atoms with E-state index in [1.807, 2.05) is 6.07 Å². The average molecular weight is 360 g/mol. The summed E-state index contributed by atoms with van der Waals surface area (Å²) in [6.07, 6.45) is 7.17. The summed E-state index contributed by atoms with van der Waals surface area (Å²) in [5.41, 5.74) is 6.39. The minimum Gasteiger partial charge on any atom is -0.368 e. The summed E-state index contributed by atoms with van der Waals surface area (Å²) in [5, 5.41) is 4.02. The van der Waals surface area contributed by atoms with Crippen LogP contribution in [0.3, 0.4) is 0 Å². The van der Waals surface area contributed by atoms with Gasteiger partial charge in [-0.1, -0.05) is 53.2 Å². The molecule has 0 saturated heterocycles. The first-order valence-electron chi connectivity index (χ1n) is 7.08. The molecule has 1 amide bonds. The highest BCUT2D eigenvalue weighted by Crippen LogP contribution is 2.28. The van der Waals surface area contributed by atoms with Crippen molar-refractivity contribution in [3.05, 3.63) is 33.3 Å². The lowest BCUT2D eigenvalue weighted by Crippen LogP contribution is -2.40. The molecule has 1 saturated carbocycles. The van der Waals surface area contributed by atoms with Gasteiger partial charge in [0.15, 0.2) is 0 Å². The van der Waals surface area contributed by atoms with Crippen molar-refractivity contribution in [1.29, 1.82) is 0 Å². The van der Waals surface area contributed by atoms with Gasteiger partial charge < -0.3 is 5.73 Å². The van der Waals surface area contributed by atoms with E-state index < -0.39 is 6.04 Å². The number of rotatable bonds is 4. The monoisotopic (exact) mass is 358 g/mol. The first kappa shape index (κ1) is 15.8. The molecule has 1 aromatic rings. The van der Waals surface area contributed by atoms with E-state index in [-0.39, 0.29) is 5.91 Å². The molecule has 110 valence electrons. The van der Waals surface area contributed by atoms with E-state index >= 15 is 0 Å². The number of carbonyl (C=O) groups excluding carboxylic acids is 1.